The highest BCUT2D eigenvalue weighted by Gasteiger charge is 2.32. The highest BCUT2D eigenvalue weighted by molar-refractivity contribution is 7.89. The molecular formula is C18H17ClF2N2O3S. The molecule has 0 aliphatic carbocycles. The Kier molecular flexibility index (Phi) is 5.78. The number of hydrogen-bond donors (Lipinski definition) is 1. The van der Waals surface area contributed by atoms with Gasteiger partial charge in [-0.15, -0.1) is 0 Å². The van der Waals surface area contributed by atoms with E-state index in [0.29, 0.717) is 29.6 Å². The largest absolute Gasteiger partial charge is 0.326 e. The molecule has 1 aliphatic heterocycles. The van der Waals surface area contributed by atoms with Crippen LogP contribution < -0.4 is 5.32 Å². The van der Waals surface area contributed by atoms with Crippen LogP contribution in [-0.4, -0.2) is 31.7 Å². The fourth-order valence-corrected chi connectivity index (χ4v) is 4.53. The van der Waals surface area contributed by atoms with Gasteiger partial charge in [-0.3, -0.25) is 4.79 Å². The van der Waals surface area contributed by atoms with Crippen molar-refractivity contribution < 1.29 is 22.0 Å². The Bertz CT molecular complexity index is 944. The van der Waals surface area contributed by atoms with E-state index in [1.807, 2.05) is 0 Å². The quantitative estimate of drug-likeness (QED) is 0.830. The zero-order chi connectivity index (χ0) is 19.6. The second-order valence-electron chi connectivity index (χ2n) is 6.25. The van der Waals surface area contributed by atoms with E-state index in [4.69, 9.17) is 11.6 Å². The molecule has 27 heavy (non-hydrogen) atoms. The van der Waals surface area contributed by atoms with Gasteiger partial charge in [-0.05, 0) is 55.3 Å². The highest BCUT2D eigenvalue weighted by atomic mass is 35.5. The summed E-state index contributed by atoms with van der Waals surface area (Å²) in [6, 6.07) is 9.18. The van der Waals surface area contributed by atoms with E-state index in [1.165, 1.54) is 4.31 Å². The molecule has 2 aromatic carbocycles. The van der Waals surface area contributed by atoms with Crippen LogP contribution in [0.15, 0.2) is 47.4 Å². The van der Waals surface area contributed by atoms with Gasteiger partial charge in [0.05, 0.1) is 4.90 Å². The van der Waals surface area contributed by atoms with Gasteiger partial charge in [0.15, 0.2) is 11.6 Å². The lowest BCUT2D eigenvalue weighted by molar-refractivity contribution is -0.120. The molecule has 144 valence electrons. The van der Waals surface area contributed by atoms with Crippen molar-refractivity contribution in [2.75, 3.05) is 18.4 Å². The summed E-state index contributed by atoms with van der Waals surface area (Å²) in [5.41, 5.74) is 0.612. The van der Waals surface area contributed by atoms with Gasteiger partial charge in [0.2, 0.25) is 15.9 Å². The number of anilines is 1. The van der Waals surface area contributed by atoms with Gasteiger partial charge in [0, 0.05) is 29.7 Å². The normalized spacial score (nSPS) is 16.3. The van der Waals surface area contributed by atoms with Crippen molar-refractivity contribution in [2.24, 2.45) is 5.92 Å². The van der Waals surface area contributed by atoms with Crippen LogP contribution in [0.1, 0.15) is 12.8 Å². The number of rotatable bonds is 4. The highest BCUT2D eigenvalue weighted by Crippen LogP contribution is 2.26. The Morgan fingerprint density at radius 2 is 1.67 bits per heavy atom. The first kappa shape index (κ1) is 19.7. The second kappa shape index (κ2) is 7.92. The molecule has 0 atom stereocenters. The Morgan fingerprint density at radius 3 is 2.26 bits per heavy atom. The first-order valence-electron chi connectivity index (χ1n) is 8.29. The Morgan fingerprint density at radius 1 is 1.04 bits per heavy atom. The number of nitrogens with zero attached hydrogens (tertiary/aromatic N) is 1. The lowest BCUT2D eigenvalue weighted by Gasteiger charge is -2.30. The number of carbonyl (C=O) groups excluding carboxylic acids is 1. The van der Waals surface area contributed by atoms with Crippen molar-refractivity contribution in [1.82, 2.24) is 4.31 Å². The van der Waals surface area contributed by atoms with E-state index < -0.39 is 21.7 Å². The molecule has 1 N–H and O–H groups in total. The fourth-order valence-electron chi connectivity index (χ4n) is 2.92. The first-order valence-corrected chi connectivity index (χ1v) is 10.1. The van der Waals surface area contributed by atoms with Gasteiger partial charge in [-0.1, -0.05) is 11.6 Å². The lowest BCUT2D eigenvalue weighted by Crippen LogP contribution is -2.41. The number of sulfonamides is 1. The summed E-state index contributed by atoms with van der Waals surface area (Å²) in [6.07, 6.45) is 0.671. The molecule has 9 heteroatoms. The van der Waals surface area contributed by atoms with E-state index in [-0.39, 0.29) is 29.8 Å². The predicted octanol–water partition coefficient (Wildman–Crippen LogP) is 3.66. The maximum atomic E-state index is 13.4. The molecule has 1 amide bonds. The summed E-state index contributed by atoms with van der Waals surface area (Å²) in [5, 5.41) is 3.34. The molecule has 2 aromatic rings. The van der Waals surface area contributed by atoms with Gasteiger partial charge in [0.1, 0.15) is 0 Å². The standard InChI is InChI=1S/C18H17ClF2N2O3S/c19-13-1-3-14(4-2-13)22-18(24)12-7-9-23(10-8-12)27(25,26)15-5-6-16(20)17(21)11-15/h1-6,11-12H,7-10H2,(H,22,24). The van der Waals surface area contributed by atoms with E-state index in [2.05, 4.69) is 5.32 Å². The van der Waals surface area contributed by atoms with Crippen molar-refractivity contribution in [3.63, 3.8) is 0 Å². The smallest absolute Gasteiger partial charge is 0.243 e. The third kappa shape index (κ3) is 4.45. The van der Waals surface area contributed by atoms with E-state index >= 15 is 0 Å². The summed E-state index contributed by atoms with van der Waals surface area (Å²) in [5.74, 6) is -2.85. The zero-order valence-electron chi connectivity index (χ0n) is 14.2. The second-order valence-corrected chi connectivity index (χ2v) is 8.62. The molecule has 0 spiro atoms. The third-order valence-electron chi connectivity index (χ3n) is 4.47. The predicted molar refractivity (Wildman–Crippen MR) is 97.9 cm³/mol. The molecular weight excluding hydrogens is 398 g/mol. The number of benzene rings is 2. The fraction of sp³-hybridized carbons (Fsp3) is 0.278. The molecule has 0 saturated carbocycles. The Hall–Kier alpha value is -2.03. The number of nitrogens with one attached hydrogen (secondary N) is 1. The minimum atomic E-state index is -3.93. The van der Waals surface area contributed by atoms with Crippen LogP contribution in [-0.2, 0) is 14.8 Å². The topological polar surface area (TPSA) is 66.5 Å². The van der Waals surface area contributed by atoms with E-state index in [0.717, 1.165) is 12.1 Å². The molecule has 0 aromatic heterocycles. The van der Waals surface area contributed by atoms with Crippen molar-refractivity contribution in [1.29, 1.82) is 0 Å². The van der Waals surface area contributed by atoms with Crippen LogP contribution in [0, 0.1) is 17.6 Å². The summed E-state index contributed by atoms with van der Waals surface area (Å²) < 4.78 is 52.7. The molecule has 1 fully saturated rings. The summed E-state index contributed by atoms with van der Waals surface area (Å²) in [4.78, 5) is 12.1. The van der Waals surface area contributed by atoms with Crippen LogP contribution in [0.25, 0.3) is 0 Å². The molecule has 1 aliphatic rings. The molecule has 0 bridgehead atoms. The number of piperidine rings is 1. The minimum Gasteiger partial charge on any atom is -0.326 e. The van der Waals surface area contributed by atoms with Gasteiger partial charge >= 0.3 is 0 Å². The van der Waals surface area contributed by atoms with Crippen LogP contribution in [0.3, 0.4) is 0 Å². The Labute approximate surface area is 161 Å². The number of carbonyl (C=O) groups is 1. The monoisotopic (exact) mass is 414 g/mol. The third-order valence-corrected chi connectivity index (χ3v) is 6.61. The molecule has 1 saturated heterocycles. The number of halogens is 3. The maximum absolute atomic E-state index is 13.4. The van der Waals surface area contributed by atoms with Gasteiger partial charge < -0.3 is 5.32 Å². The first-order chi connectivity index (χ1) is 12.8. The van der Waals surface area contributed by atoms with Crippen LogP contribution in [0.2, 0.25) is 5.02 Å². The van der Waals surface area contributed by atoms with Crippen LogP contribution in [0.4, 0.5) is 14.5 Å². The molecule has 5 nitrogen and oxygen atoms in total. The Balaban J connectivity index is 1.63. The SMILES string of the molecule is O=C(Nc1ccc(Cl)cc1)C1CCN(S(=O)(=O)c2ccc(F)c(F)c2)CC1. The maximum Gasteiger partial charge on any atom is 0.243 e. The average Bonchev–Trinajstić information content (AvgIpc) is 2.66. The molecule has 0 unspecified atom stereocenters. The molecule has 3 rings (SSSR count). The average molecular weight is 415 g/mol. The van der Waals surface area contributed by atoms with Crippen LogP contribution in [0.5, 0.6) is 0 Å². The molecule has 1 heterocycles. The zero-order valence-corrected chi connectivity index (χ0v) is 15.7. The summed E-state index contributed by atoms with van der Waals surface area (Å²) in [6.45, 7) is 0.250. The van der Waals surface area contributed by atoms with Crippen LogP contribution >= 0.6 is 11.6 Å². The van der Waals surface area contributed by atoms with E-state index in [1.54, 1.807) is 24.3 Å². The van der Waals surface area contributed by atoms with Crippen molar-refractivity contribution in [3.05, 3.63) is 59.1 Å². The van der Waals surface area contributed by atoms with Gasteiger partial charge in [0.25, 0.3) is 0 Å². The number of hydrogen-bond acceptors (Lipinski definition) is 3. The van der Waals surface area contributed by atoms with Gasteiger partial charge in [-0.25, -0.2) is 17.2 Å². The minimum absolute atomic E-state index is 0.125. The number of amides is 1. The van der Waals surface area contributed by atoms with Crippen molar-refractivity contribution in [2.45, 2.75) is 17.7 Å². The summed E-state index contributed by atoms with van der Waals surface area (Å²) in [7, 11) is -3.93. The van der Waals surface area contributed by atoms with Gasteiger partial charge in [-0.2, -0.15) is 4.31 Å². The van der Waals surface area contributed by atoms with E-state index in [9.17, 15) is 22.0 Å². The summed E-state index contributed by atoms with van der Waals surface area (Å²) >= 11 is 5.81. The van der Waals surface area contributed by atoms with Crippen molar-refractivity contribution >= 4 is 33.2 Å². The molecule has 0 radical (unpaired) electrons. The van der Waals surface area contributed by atoms with Crippen molar-refractivity contribution in [3.8, 4) is 0 Å². The lowest BCUT2D eigenvalue weighted by atomic mass is 9.97.